The van der Waals surface area contributed by atoms with E-state index in [0.29, 0.717) is 16.8 Å². The van der Waals surface area contributed by atoms with Gasteiger partial charge in [0.25, 0.3) is 5.91 Å². The normalized spacial score (nSPS) is 11.9. The second-order valence-corrected chi connectivity index (χ2v) is 5.30. The topological polar surface area (TPSA) is 78.0 Å². The third-order valence-corrected chi connectivity index (χ3v) is 3.66. The monoisotopic (exact) mass is 325 g/mol. The molecule has 0 fully saturated rings. The molecule has 3 aromatic rings. The maximum atomic E-state index is 13.0. The molecule has 3 N–H and O–H groups in total. The Balaban J connectivity index is 1.70. The van der Waals surface area contributed by atoms with Crippen LogP contribution in [0.15, 0.2) is 60.8 Å². The van der Waals surface area contributed by atoms with Gasteiger partial charge in [0.05, 0.1) is 23.6 Å². The number of benzene rings is 2. The Morgan fingerprint density at radius 2 is 1.88 bits per heavy atom. The Morgan fingerprint density at radius 3 is 2.58 bits per heavy atom. The van der Waals surface area contributed by atoms with E-state index in [4.69, 9.17) is 0 Å². The number of aromatic amines is 1. The number of halogens is 1. The van der Waals surface area contributed by atoms with Crippen LogP contribution in [0.4, 0.5) is 4.39 Å². The van der Waals surface area contributed by atoms with Crippen molar-refractivity contribution < 1.29 is 14.3 Å². The number of carbonyl (C=O) groups is 1. The number of nitrogens with one attached hydrogen (secondary N) is 2. The lowest BCUT2D eigenvalue weighted by molar-refractivity contribution is 0.0917. The summed E-state index contributed by atoms with van der Waals surface area (Å²) in [6.45, 7) is 0.0802. The minimum Gasteiger partial charge on any atom is -0.387 e. The number of hydrogen-bond donors (Lipinski definition) is 3. The smallest absolute Gasteiger partial charge is 0.255 e. The van der Waals surface area contributed by atoms with Crippen molar-refractivity contribution in [1.29, 1.82) is 0 Å². The van der Waals surface area contributed by atoms with Crippen molar-refractivity contribution in [2.24, 2.45) is 0 Å². The molecule has 122 valence electrons. The fourth-order valence-electron chi connectivity index (χ4n) is 2.37. The van der Waals surface area contributed by atoms with Crippen LogP contribution in [0.25, 0.3) is 11.3 Å². The zero-order valence-corrected chi connectivity index (χ0v) is 12.7. The molecule has 0 aliphatic rings. The van der Waals surface area contributed by atoms with Gasteiger partial charge in [-0.2, -0.15) is 5.10 Å². The Kier molecular flexibility index (Phi) is 4.67. The number of aromatic nitrogens is 2. The molecular weight excluding hydrogens is 309 g/mol. The van der Waals surface area contributed by atoms with E-state index in [1.54, 1.807) is 24.3 Å². The summed E-state index contributed by atoms with van der Waals surface area (Å²) >= 11 is 0. The summed E-state index contributed by atoms with van der Waals surface area (Å²) < 4.78 is 13.0. The highest BCUT2D eigenvalue weighted by Crippen LogP contribution is 2.21. The second kappa shape index (κ2) is 7.06. The largest absolute Gasteiger partial charge is 0.387 e. The minimum absolute atomic E-state index is 0.0802. The lowest BCUT2D eigenvalue weighted by Gasteiger charge is -2.12. The van der Waals surface area contributed by atoms with E-state index in [1.165, 1.54) is 18.3 Å². The number of aliphatic hydroxyl groups is 1. The molecule has 0 aliphatic carbocycles. The Labute approximate surface area is 138 Å². The van der Waals surface area contributed by atoms with Crippen LogP contribution in [0.3, 0.4) is 0 Å². The van der Waals surface area contributed by atoms with Crippen molar-refractivity contribution in [3.8, 4) is 11.3 Å². The van der Waals surface area contributed by atoms with E-state index in [0.717, 1.165) is 5.56 Å². The molecule has 0 aliphatic heterocycles. The molecule has 0 saturated heterocycles. The SMILES string of the molecule is O=C(NC[C@@H](O)c1ccccc1)c1cn[nH]c1-c1ccc(F)cc1. The molecule has 6 heteroatoms. The Hall–Kier alpha value is -2.99. The van der Waals surface area contributed by atoms with Crippen molar-refractivity contribution >= 4 is 5.91 Å². The van der Waals surface area contributed by atoms with Gasteiger partial charge in [-0.15, -0.1) is 0 Å². The molecule has 0 saturated carbocycles. The molecule has 1 atom stereocenters. The van der Waals surface area contributed by atoms with Crippen molar-refractivity contribution in [2.45, 2.75) is 6.10 Å². The van der Waals surface area contributed by atoms with Gasteiger partial charge in [0.2, 0.25) is 0 Å². The van der Waals surface area contributed by atoms with Gasteiger partial charge in [-0.05, 0) is 29.8 Å². The van der Waals surface area contributed by atoms with Crippen LogP contribution in [0, 0.1) is 5.82 Å². The number of rotatable bonds is 5. The van der Waals surface area contributed by atoms with Crippen LogP contribution in [0.1, 0.15) is 22.0 Å². The summed E-state index contributed by atoms with van der Waals surface area (Å²) in [5.41, 5.74) is 2.22. The highest BCUT2D eigenvalue weighted by Gasteiger charge is 2.16. The molecule has 24 heavy (non-hydrogen) atoms. The van der Waals surface area contributed by atoms with Crippen LogP contribution >= 0.6 is 0 Å². The number of hydrogen-bond acceptors (Lipinski definition) is 3. The summed E-state index contributed by atoms with van der Waals surface area (Å²) in [4.78, 5) is 12.3. The van der Waals surface area contributed by atoms with Crippen LogP contribution in [-0.4, -0.2) is 27.8 Å². The van der Waals surface area contributed by atoms with Gasteiger partial charge >= 0.3 is 0 Å². The standard InChI is InChI=1S/C18H16FN3O2/c19-14-8-6-13(7-9-14)17-15(10-21-22-17)18(24)20-11-16(23)12-4-2-1-3-5-12/h1-10,16,23H,11H2,(H,20,24)(H,21,22)/t16-/m1/s1. The lowest BCUT2D eigenvalue weighted by atomic mass is 10.1. The van der Waals surface area contributed by atoms with E-state index in [-0.39, 0.29) is 18.3 Å². The molecule has 5 nitrogen and oxygen atoms in total. The molecule has 0 radical (unpaired) electrons. The van der Waals surface area contributed by atoms with Gasteiger partial charge < -0.3 is 10.4 Å². The number of carbonyl (C=O) groups excluding carboxylic acids is 1. The maximum absolute atomic E-state index is 13.0. The fourth-order valence-corrected chi connectivity index (χ4v) is 2.37. The van der Waals surface area contributed by atoms with Gasteiger partial charge in [0, 0.05) is 12.1 Å². The first-order valence-corrected chi connectivity index (χ1v) is 7.45. The van der Waals surface area contributed by atoms with Crippen LogP contribution in [0.2, 0.25) is 0 Å². The first-order chi connectivity index (χ1) is 11.6. The summed E-state index contributed by atoms with van der Waals surface area (Å²) in [6.07, 6.45) is 0.611. The highest BCUT2D eigenvalue weighted by molar-refractivity contribution is 5.99. The Bertz CT molecular complexity index is 816. The van der Waals surface area contributed by atoms with Crippen molar-refractivity contribution in [1.82, 2.24) is 15.5 Å². The third-order valence-electron chi connectivity index (χ3n) is 3.66. The molecule has 1 amide bonds. The zero-order valence-electron chi connectivity index (χ0n) is 12.7. The summed E-state index contributed by atoms with van der Waals surface area (Å²) in [5.74, 6) is -0.715. The number of H-pyrrole nitrogens is 1. The second-order valence-electron chi connectivity index (χ2n) is 5.30. The van der Waals surface area contributed by atoms with E-state index in [1.807, 2.05) is 18.2 Å². The molecule has 0 bridgehead atoms. The predicted octanol–water partition coefficient (Wildman–Crippen LogP) is 2.68. The fraction of sp³-hybridized carbons (Fsp3) is 0.111. The highest BCUT2D eigenvalue weighted by atomic mass is 19.1. The molecule has 0 spiro atoms. The number of nitrogens with zero attached hydrogens (tertiary/aromatic N) is 1. The zero-order chi connectivity index (χ0) is 16.9. The van der Waals surface area contributed by atoms with Crippen LogP contribution in [-0.2, 0) is 0 Å². The van der Waals surface area contributed by atoms with E-state index >= 15 is 0 Å². The van der Waals surface area contributed by atoms with Crippen LogP contribution in [0.5, 0.6) is 0 Å². The molecule has 1 heterocycles. The Morgan fingerprint density at radius 1 is 1.17 bits per heavy atom. The summed E-state index contributed by atoms with van der Waals surface area (Å²) in [5, 5.41) is 19.4. The third kappa shape index (κ3) is 3.49. The minimum atomic E-state index is -0.795. The van der Waals surface area contributed by atoms with E-state index < -0.39 is 6.10 Å². The van der Waals surface area contributed by atoms with E-state index in [9.17, 15) is 14.3 Å². The average Bonchev–Trinajstić information content (AvgIpc) is 3.10. The molecule has 1 aromatic heterocycles. The van der Waals surface area contributed by atoms with Crippen molar-refractivity contribution in [3.63, 3.8) is 0 Å². The molecule has 2 aromatic carbocycles. The average molecular weight is 325 g/mol. The van der Waals surface area contributed by atoms with Crippen LogP contribution < -0.4 is 5.32 Å². The van der Waals surface area contributed by atoms with Gasteiger partial charge in [-0.25, -0.2) is 4.39 Å². The maximum Gasteiger partial charge on any atom is 0.255 e. The lowest BCUT2D eigenvalue weighted by Crippen LogP contribution is -2.28. The summed E-state index contributed by atoms with van der Waals surface area (Å²) in [6, 6.07) is 14.9. The first kappa shape index (κ1) is 15.9. The quantitative estimate of drug-likeness (QED) is 0.675. The number of amides is 1. The molecular formula is C18H16FN3O2. The van der Waals surface area contributed by atoms with Crippen molar-refractivity contribution in [2.75, 3.05) is 6.54 Å². The summed E-state index contributed by atoms with van der Waals surface area (Å²) in [7, 11) is 0. The van der Waals surface area contributed by atoms with Gasteiger partial charge in [-0.3, -0.25) is 9.89 Å². The van der Waals surface area contributed by atoms with Gasteiger partial charge in [0.1, 0.15) is 5.82 Å². The molecule has 3 rings (SSSR count). The molecule has 0 unspecified atom stereocenters. The van der Waals surface area contributed by atoms with E-state index in [2.05, 4.69) is 15.5 Å². The van der Waals surface area contributed by atoms with Crippen molar-refractivity contribution in [3.05, 3.63) is 77.7 Å². The number of aliphatic hydroxyl groups excluding tert-OH is 1. The first-order valence-electron chi connectivity index (χ1n) is 7.45. The van der Waals surface area contributed by atoms with Gasteiger partial charge in [-0.1, -0.05) is 30.3 Å². The van der Waals surface area contributed by atoms with Gasteiger partial charge in [0.15, 0.2) is 0 Å². The predicted molar refractivity (Wildman–Crippen MR) is 87.7 cm³/mol.